The summed E-state index contributed by atoms with van der Waals surface area (Å²) in [5.74, 6) is -2.08. The van der Waals surface area contributed by atoms with Gasteiger partial charge in [0.15, 0.2) is 17.5 Å². The first-order chi connectivity index (χ1) is 30.7. The average molecular weight is 620 g/mol. The summed E-state index contributed by atoms with van der Waals surface area (Å²) in [6.07, 6.45) is 0. The predicted octanol–water partition coefficient (Wildman–Crippen LogP) is 11.3. The lowest BCUT2D eigenvalue weighted by atomic mass is 9.96. The molecule has 47 heavy (non-hydrogen) atoms. The zero-order chi connectivity index (χ0) is 46.8. The van der Waals surface area contributed by atoms with E-state index in [1.807, 2.05) is 36.4 Å². The highest BCUT2D eigenvalue weighted by Gasteiger charge is 2.16. The smallest absolute Gasteiger partial charge is 0.164 e. The molecule has 0 aliphatic carbocycles. The van der Waals surface area contributed by atoms with Crippen molar-refractivity contribution in [3.8, 4) is 56.4 Å². The van der Waals surface area contributed by atoms with Crippen LogP contribution in [0.25, 0.3) is 89.1 Å². The Morgan fingerprint density at radius 3 is 1.85 bits per heavy atom. The Hall–Kier alpha value is -6.39. The summed E-state index contributed by atoms with van der Waals surface area (Å²) in [5.41, 5.74) is -2.07. The standard InChI is InChI=1S/C43H27N3O/c1-3-12-29(13-4-1)41-44-42(30-14-5-2-6-15-30)46-43(45-41)35-18-9-17-34(26-35)36-19-10-20-38-40(36)37-24-23-33(27-39(37)47-38)32-22-21-28-11-7-8-16-31(28)25-32/h1-27H/i1D,2D,3D,4D,5D,6D,9D,12D,13D,14D,15D,17D,18D,19D,20D,23D,26D,27D. The number of furan rings is 1. The van der Waals surface area contributed by atoms with Crippen molar-refractivity contribution in [2.24, 2.45) is 0 Å². The summed E-state index contributed by atoms with van der Waals surface area (Å²) < 4.78 is 163. The summed E-state index contributed by atoms with van der Waals surface area (Å²) in [4.78, 5) is 12.9. The molecule has 0 saturated carbocycles. The molecule has 0 bridgehead atoms. The average Bonchev–Trinajstić information content (AvgIpc) is 3.66. The van der Waals surface area contributed by atoms with E-state index >= 15 is 0 Å². The van der Waals surface area contributed by atoms with Gasteiger partial charge < -0.3 is 4.42 Å². The topological polar surface area (TPSA) is 51.8 Å². The Bertz CT molecular complexity index is 3470. The quantitative estimate of drug-likeness (QED) is 0.192. The molecule has 0 radical (unpaired) electrons. The molecular weight excluding hydrogens is 574 g/mol. The summed E-state index contributed by atoms with van der Waals surface area (Å²) in [5, 5.41) is 1.81. The molecule has 0 fully saturated rings. The molecule has 0 aliphatic rings. The number of aromatic nitrogens is 3. The summed E-state index contributed by atoms with van der Waals surface area (Å²) >= 11 is 0. The Balaban J connectivity index is 1.36. The highest BCUT2D eigenvalue weighted by Crippen LogP contribution is 2.39. The van der Waals surface area contributed by atoms with E-state index < -0.39 is 130 Å². The van der Waals surface area contributed by atoms with Crippen LogP contribution in [0.1, 0.15) is 24.7 Å². The maximum atomic E-state index is 9.62. The van der Waals surface area contributed by atoms with E-state index in [-0.39, 0.29) is 51.2 Å². The van der Waals surface area contributed by atoms with Crippen LogP contribution in [0.3, 0.4) is 0 Å². The van der Waals surface area contributed by atoms with Crippen molar-refractivity contribution < 1.29 is 29.1 Å². The van der Waals surface area contributed by atoms with Gasteiger partial charge in [-0.25, -0.2) is 15.0 Å². The van der Waals surface area contributed by atoms with Gasteiger partial charge in [0.1, 0.15) is 11.2 Å². The molecule has 0 saturated heterocycles. The van der Waals surface area contributed by atoms with E-state index in [1.165, 1.54) is 6.07 Å². The van der Waals surface area contributed by atoms with Gasteiger partial charge in [0.25, 0.3) is 0 Å². The molecule has 0 amide bonds. The molecule has 220 valence electrons. The monoisotopic (exact) mass is 619 g/mol. The van der Waals surface area contributed by atoms with Gasteiger partial charge in [-0.15, -0.1) is 0 Å². The van der Waals surface area contributed by atoms with Gasteiger partial charge in [-0.1, -0.05) is 133 Å². The Morgan fingerprint density at radius 2 is 1.11 bits per heavy atom. The molecule has 7 aromatic carbocycles. The first-order valence-electron chi connectivity index (χ1n) is 23.2. The van der Waals surface area contributed by atoms with Crippen LogP contribution < -0.4 is 0 Å². The molecule has 0 atom stereocenters. The lowest BCUT2D eigenvalue weighted by Gasteiger charge is -2.10. The zero-order valence-corrected chi connectivity index (χ0v) is 23.9. The Morgan fingerprint density at radius 1 is 0.447 bits per heavy atom. The van der Waals surface area contributed by atoms with Gasteiger partial charge in [0, 0.05) is 27.5 Å². The largest absolute Gasteiger partial charge is 0.456 e. The van der Waals surface area contributed by atoms with E-state index in [2.05, 4.69) is 15.0 Å². The Labute approximate surface area is 297 Å². The summed E-state index contributed by atoms with van der Waals surface area (Å²) in [6, 6.07) is 3.31. The van der Waals surface area contributed by atoms with Crippen LogP contribution in [0.4, 0.5) is 0 Å². The van der Waals surface area contributed by atoms with Gasteiger partial charge in [-0.2, -0.15) is 0 Å². The van der Waals surface area contributed by atoms with Crippen molar-refractivity contribution in [2.75, 3.05) is 0 Å². The molecule has 2 heterocycles. The van der Waals surface area contributed by atoms with Gasteiger partial charge >= 0.3 is 0 Å². The first kappa shape index (κ1) is 14.4. The van der Waals surface area contributed by atoms with Crippen LogP contribution in [0.2, 0.25) is 0 Å². The zero-order valence-electron chi connectivity index (χ0n) is 41.9. The second kappa shape index (κ2) is 11.2. The van der Waals surface area contributed by atoms with Gasteiger partial charge in [-0.05, 0) is 63.3 Å². The number of benzene rings is 7. The van der Waals surface area contributed by atoms with Crippen molar-refractivity contribution in [3.05, 3.63) is 163 Å². The highest BCUT2D eigenvalue weighted by atomic mass is 16.3. The fourth-order valence-corrected chi connectivity index (χ4v) is 5.28. The Kier molecular flexibility index (Phi) is 3.42. The second-order valence-electron chi connectivity index (χ2n) is 10.3. The highest BCUT2D eigenvalue weighted by molar-refractivity contribution is 6.13. The van der Waals surface area contributed by atoms with Crippen LogP contribution in [0, 0.1) is 0 Å². The van der Waals surface area contributed by atoms with Crippen molar-refractivity contribution >= 4 is 32.7 Å². The first-order valence-corrected chi connectivity index (χ1v) is 14.2. The fraction of sp³-hybridized carbons (Fsp3) is 0. The molecule has 9 rings (SSSR count). The molecule has 0 spiro atoms. The maximum Gasteiger partial charge on any atom is 0.164 e. The van der Waals surface area contributed by atoms with Crippen LogP contribution in [-0.4, -0.2) is 15.0 Å². The van der Waals surface area contributed by atoms with Crippen molar-refractivity contribution in [2.45, 2.75) is 0 Å². The SMILES string of the molecule is [2H]c1cc2c(oc3c([2H])cc([2H])c(-c4c([2H])c([2H])c([2H])c(-c5nc(-c6c([2H])c([2H])c([2H])c([2H])c6[2H])nc(-c6c([2H])c([2H])c([2H])c([2H])c6[2H])n5)c4[2H])c32)c([2H])c1-c1ccc2ccccc2c1. The van der Waals surface area contributed by atoms with Crippen molar-refractivity contribution in [1.82, 2.24) is 15.0 Å². The van der Waals surface area contributed by atoms with Gasteiger partial charge in [0.05, 0.1) is 24.7 Å². The minimum atomic E-state index is -0.826. The normalized spacial score (nSPS) is 16.8. The molecule has 9 aromatic rings. The van der Waals surface area contributed by atoms with Gasteiger partial charge in [-0.3, -0.25) is 0 Å². The third-order valence-corrected chi connectivity index (χ3v) is 7.43. The van der Waals surface area contributed by atoms with Crippen LogP contribution in [0.5, 0.6) is 0 Å². The molecule has 2 aromatic heterocycles. The van der Waals surface area contributed by atoms with E-state index in [4.69, 9.17) is 26.3 Å². The molecule has 0 aliphatic heterocycles. The maximum absolute atomic E-state index is 9.62. The summed E-state index contributed by atoms with van der Waals surface area (Å²) in [6.45, 7) is 0. The van der Waals surface area contributed by atoms with E-state index in [0.717, 1.165) is 16.8 Å². The lowest BCUT2D eigenvalue weighted by Crippen LogP contribution is -2.00. The van der Waals surface area contributed by atoms with E-state index in [1.54, 1.807) is 6.07 Å². The van der Waals surface area contributed by atoms with Crippen molar-refractivity contribution in [3.63, 3.8) is 0 Å². The van der Waals surface area contributed by atoms with E-state index in [9.17, 15) is 2.74 Å². The number of nitrogens with zero attached hydrogens (tertiary/aromatic N) is 3. The number of hydrogen-bond acceptors (Lipinski definition) is 4. The fourth-order valence-electron chi connectivity index (χ4n) is 5.28. The number of hydrogen-bond donors (Lipinski definition) is 0. The lowest BCUT2D eigenvalue weighted by molar-refractivity contribution is 0.669. The second-order valence-corrected chi connectivity index (χ2v) is 10.3. The third-order valence-electron chi connectivity index (χ3n) is 7.43. The van der Waals surface area contributed by atoms with Crippen LogP contribution >= 0.6 is 0 Å². The number of fused-ring (bicyclic) bond motifs is 4. The predicted molar refractivity (Wildman–Crippen MR) is 192 cm³/mol. The van der Waals surface area contributed by atoms with E-state index in [0.29, 0.717) is 5.56 Å². The van der Waals surface area contributed by atoms with Crippen molar-refractivity contribution in [1.29, 1.82) is 0 Å². The van der Waals surface area contributed by atoms with Gasteiger partial charge in [0.2, 0.25) is 0 Å². The third kappa shape index (κ3) is 4.93. The van der Waals surface area contributed by atoms with Crippen LogP contribution in [-0.2, 0) is 0 Å². The molecule has 0 unspecified atom stereocenters. The minimum Gasteiger partial charge on any atom is -0.456 e. The molecule has 4 heteroatoms. The molecular formula is C43H27N3O. The summed E-state index contributed by atoms with van der Waals surface area (Å²) in [7, 11) is 0. The number of rotatable bonds is 5. The molecule has 0 N–H and O–H groups in total. The molecule has 4 nitrogen and oxygen atoms in total. The van der Waals surface area contributed by atoms with Crippen LogP contribution in [0.15, 0.2) is 168 Å². The minimum absolute atomic E-state index is 0.0510.